The highest BCUT2D eigenvalue weighted by Crippen LogP contribution is 2.22. The number of hydrogen-bond donors (Lipinski definition) is 2. The van der Waals surface area contributed by atoms with Crippen molar-refractivity contribution in [3.63, 3.8) is 0 Å². The smallest absolute Gasteiger partial charge is 0.241 e. The lowest BCUT2D eigenvalue weighted by Gasteiger charge is -2.23. The molecule has 1 aliphatic rings. The second kappa shape index (κ2) is 12.1. The Kier molecular flexibility index (Phi) is 10.5. The predicted molar refractivity (Wildman–Crippen MR) is 114 cm³/mol. The molecule has 0 unspecified atom stereocenters. The Bertz CT molecular complexity index is 589. The maximum absolute atomic E-state index is 13.8. The van der Waals surface area contributed by atoms with Crippen LogP contribution in [-0.2, 0) is 11.3 Å². The van der Waals surface area contributed by atoms with Gasteiger partial charge in [0.2, 0.25) is 5.91 Å². The van der Waals surface area contributed by atoms with Crippen LogP contribution in [0.1, 0.15) is 37.7 Å². The van der Waals surface area contributed by atoms with E-state index in [1.165, 1.54) is 43.1 Å². The molecule has 7 heteroatoms. The van der Waals surface area contributed by atoms with Crippen molar-refractivity contribution >= 4 is 35.8 Å². The zero-order valence-corrected chi connectivity index (χ0v) is 18.0. The number of rotatable bonds is 6. The van der Waals surface area contributed by atoms with Crippen LogP contribution in [0.4, 0.5) is 4.39 Å². The lowest BCUT2D eigenvalue weighted by molar-refractivity contribution is -0.127. The van der Waals surface area contributed by atoms with Crippen LogP contribution >= 0.6 is 24.0 Å². The van der Waals surface area contributed by atoms with E-state index in [1.54, 1.807) is 32.3 Å². The minimum atomic E-state index is -0.262. The molecule has 0 aliphatic heterocycles. The number of halogens is 2. The van der Waals surface area contributed by atoms with Crippen LogP contribution in [0.3, 0.4) is 0 Å². The molecule has 0 heterocycles. The quantitative estimate of drug-likeness (QED) is 0.377. The van der Waals surface area contributed by atoms with Gasteiger partial charge in [-0.05, 0) is 24.8 Å². The second-order valence-electron chi connectivity index (χ2n) is 6.78. The first-order valence-electron chi connectivity index (χ1n) is 9.02. The van der Waals surface area contributed by atoms with Gasteiger partial charge in [-0.25, -0.2) is 9.38 Å². The van der Waals surface area contributed by atoms with Crippen LogP contribution in [0.2, 0.25) is 0 Å². The zero-order valence-electron chi connectivity index (χ0n) is 15.6. The second-order valence-corrected chi connectivity index (χ2v) is 6.78. The van der Waals surface area contributed by atoms with E-state index in [1.807, 2.05) is 0 Å². The summed E-state index contributed by atoms with van der Waals surface area (Å²) in [6, 6.07) is 6.62. The fourth-order valence-electron chi connectivity index (χ4n) is 2.91. The van der Waals surface area contributed by atoms with Crippen LogP contribution < -0.4 is 10.6 Å². The summed E-state index contributed by atoms with van der Waals surface area (Å²) in [5.74, 6) is 0.906. The highest BCUT2D eigenvalue weighted by Gasteiger charge is 2.14. The van der Waals surface area contributed by atoms with Gasteiger partial charge >= 0.3 is 0 Å². The highest BCUT2D eigenvalue weighted by atomic mass is 127. The van der Waals surface area contributed by atoms with E-state index in [2.05, 4.69) is 15.6 Å². The molecule has 1 aromatic rings. The molecule has 0 radical (unpaired) electrons. The maximum Gasteiger partial charge on any atom is 0.241 e. The number of carbonyl (C=O) groups is 1. The van der Waals surface area contributed by atoms with Gasteiger partial charge in [0.05, 0.1) is 13.1 Å². The number of nitrogens with zero attached hydrogens (tertiary/aromatic N) is 2. The Morgan fingerprint density at radius 1 is 1.19 bits per heavy atom. The summed E-state index contributed by atoms with van der Waals surface area (Å²) in [5, 5.41) is 6.37. The first kappa shape index (κ1) is 22.7. The van der Waals surface area contributed by atoms with Gasteiger partial charge in [-0.1, -0.05) is 37.5 Å². The van der Waals surface area contributed by atoms with Crippen molar-refractivity contribution < 1.29 is 9.18 Å². The molecule has 1 fully saturated rings. The molecule has 0 saturated heterocycles. The third kappa shape index (κ3) is 7.88. The zero-order chi connectivity index (χ0) is 18.1. The average Bonchev–Trinajstić information content (AvgIpc) is 2.62. The Balaban J connectivity index is 0.00000338. The average molecular weight is 476 g/mol. The minimum absolute atomic E-state index is 0. The van der Waals surface area contributed by atoms with Crippen molar-refractivity contribution in [3.05, 3.63) is 35.6 Å². The summed E-state index contributed by atoms with van der Waals surface area (Å²) in [5.41, 5.74) is 0.542. The van der Waals surface area contributed by atoms with Gasteiger partial charge in [-0.3, -0.25) is 4.79 Å². The number of carbonyl (C=O) groups excluding carboxylic acids is 1. The van der Waals surface area contributed by atoms with Crippen molar-refractivity contribution in [3.8, 4) is 0 Å². The van der Waals surface area contributed by atoms with Crippen LogP contribution in [0.15, 0.2) is 29.3 Å². The summed E-state index contributed by atoms with van der Waals surface area (Å²) in [4.78, 5) is 17.8. The number of guanidine groups is 1. The van der Waals surface area contributed by atoms with Crippen LogP contribution in [0, 0.1) is 11.7 Å². The SMILES string of the molecule is CN(C)C(=O)CNC(=NCc1ccccc1F)NCC1CCCCC1.I. The topological polar surface area (TPSA) is 56.7 Å². The molecule has 0 aromatic heterocycles. The van der Waals surface area contributed by atoms with E-state index < -0.39 is 0 Å². The lowest BCUT2D eigenvalue weighted by Crippen LogP contribution is -2.44. The van der Waals surface area contributed by atoms with E-state index in [0.717, 1.165) is 6.54 Å². The summed E-state index contributed by atoms with van der Waals surface area (Å²) in [6.07, 6.45) is 6.33. The summed E-state index contributed by atoms with van der Waals surface area (Å²) < 4.78 is 13.8. The van der Waals surface area contributed by atoms with Gasteiger partial charge in [0.25, 0.3) is 0 Å². The van der Waals surface area contributed by atoms with Gasteiger partial charge < -0.3 is 15.5 Å². The fourth-order valence-corrected chi connectivity index (χ4v) is 2.91. The van der Waals surface area contributed by atoms with E-state index in [9.17, 15) is 9.18 Å². The minimum Gasteiger partial charge on any atom is -0.356 e. The van der Waals surface area contributed by atoms with Crippen LogP contribution in [0.25, 0.3) is 0 Å². The Morgan fingerprint density at radius 2 is 1.88 bits per heavy atom. The van der Waals surface area contributed by atoms with Crippen molar-refractivity contribution in [2.24, 2.45) is 10.9 Å². The first-order valence-corrected chi connectivity index (χ1v) is 9.02. The molecule has 1 aromatic carbocycles. The van der Waals surface area contributed by atoms with Gasteiger partial charge in [0.1, 0.15) is 5.82 Å². The van der Waals surface area contributed by atoms with E-state index in [0.29, 0.717) is 17.4 Å². The monoisotopic (exact) mass is 476 g/mol. The molecular weight excluding hydrogens is 446 g/mol. The molecular formula is C19H30FIN4O. The Morgan fingerprint density at radius 3 is 2.54 bits per heavy atom. The number of hydrogen-bond acceptors (Lipinski definition) is 2. The third-order valence-electron chi connectivity index (χ3n) is 4.55. The molecule has 0 atom stereocenters. The van der Waals surface area contributed by atoms with E-state index >= 15 is 0 Å². The van der Waals surface area contributed by atoms with Crippen LogP contribution in [-0.4, -0.2) is 44.0 Å². The normalized spacial score (nSPS) is 15.1. The van der Waals surface area contributed by atoms with Crippen LogP contribution in [0.5, 0.6) is 0 Å². The number of aliphatic imine (C=N–C) groups is 1. The van der Waals surface area contributed by atoms with Crippen molar-refractivity contribution in [2.75, 3.05) is 27.2 Å². The number of nitrogens with one attached hydrogen (secondary N) is 2. The third-order valence-corrected chi connectivity index (χ3v) is 4.55. The van der Waals surface area contributed by atoms with Crippen molar-refractivity contribution in [1.29, 1.82) is 0 Å². The summed E-state index contributed by atoms with van der Waals surface area (Å²) >= 11 is 0. The Hall–Kier alpha value is -1.38. The molecule has 146 valence electrons. The number of benzene rings is 1. The summed E-state index contributed by atoms with van der Waals surface area (Å²) in [6.45, 7) is 1.24. The fraction of sp³-hybridized carbons (Fsp3) is 0.579. The van der Waals surface area contributed by atoms with Crippen molar-refractivity contribution in [2.45, 2.75) is 38.6 Å². The molecule has 2 rings (SSSR count). The molecule has 26 heavy (non-hydrogen) atoms. The maximum atomic E-state index is 13.8. The van der Waals surface area contributed by atoms with Gasteiger partial charge in [-0.15, -0.1) is 24.0 Å². The molecule has 2 N–H and O–H groups in total. The lowest BCUT2D eigenvalue weighted by atomic mass is 9.89. The molecule has 5 nitrogen and oxygen atoms in total. The van der Waals surface area contributed by atoms with Gasteiger partial charge in [0.15, 0.2) is 5.96 Å². The summed E-state index contributed by atoms with van der Waals surface area (Å²) in [7, 11) is 3.44. The number of amides is 1. The molecule has 1 aliphatic carbocycles. The largest absolute Gasteiger partial charge is 0.356 e. The molecule has 1 amide bonds. The van der Waals surface area contributed by atoms with Crippen molar-refractivity contribution in [1.82, 2.24) is 15.5 Å². The number of likely N-dealkylation sites (N-methyl/N-ethyl adjacent to an activating group) is 1. The predicted octanol–water partition coefficient (Wildman–Crippen LogP) is 3.15. The standard InChI is InChI=1S/C19H29FN4O.HI/c1-24(2)18(25)14-23-19(21-12-15-8-4-3-5-9-15)22-13-16-10-6-7-11-17(16)20;/h6-7,10-11,15H,3-5,8-9,12-14H2,1-2H3,(H2,21,22,23);1H. The molecule has 0 bridgehead atoms. The highest BCUT2D eigenvalue weighted by molar-refractivity contribution is 14.0. The Labute approximate surface area is 172 Å². The molecule has 0 spiro atoms. The van der Waals surface area contributed by atoms with E-state index in [-0.39, 0.29) is 48.8 Å². The molecule has 1 saturated carbocycles. The van der Waals surface area contributed by atoms with Gasteiger partial charge in [0, 0.05) is 26.2 Å². The van der Waals surface area contributed by atoms with E-state index in [4.69, 9.17) is 0 Å². The first-order chi connectivity index (χ1) is 12.1. The van der Waals surface area contributed by atoms with Gasteiger partial charge in [-0.2, -0.15) is 0 Å².